The molecule has 2 atom stereocenters. The van der Waals surface area contributed by atoms with Crippen molar-refractivity contribution in [1.29, 1.82) is 0 Å². The van der Waals surface area contributed by atoms with Crippen LogP contribution in [-0.4, -0.2) is 11.9 Å². The second kappa shape index (κ2) is 7.12. The maximum absolute atomic E-state index is 12.4. The molecule has 1 aliphatic carbocycles. The first-order valence-corrected chi connectivity index (χ1v) is 8.25. The fraction of sp³-hybridized carbons (Fsp3) is 0.500. The maximum atomic E-state index is 12.4. The Morgan fingerprint density at radius 3 is 2.45 bits per heavy atom. The van der Waals surface area contributed by atoms with Crippen molar-refractivity contribution in [2.24, 2.45) is 11.7 Å². The summed E-state index contributed by atoms with van der Waals surface area (Å²) in [5, 5.41) is 3.66. The molecule has 6 heteroatoms. The van der Waals surface area contributed by atoms with Crippen molar-refractivity contribution >= 4 is 50.7 Å². The van der Waals surface area contributed by atoms with E-state index in [-0.39, 0.29) is 17.9 Å². The molecule has 1 aliphatic rings. The van der Waals surface area contributed by atoms with Gasteiger partial charge in [0.2, 0.25) is 5.91 Å². The summed E-state index contributed by atoms with van der Waals surface area (Å²) in [4.78, 5) is 12.4. The summed E-state index contributed by atoms with van der Waals surface area (Å²) in [6, 6.07) is 3.32. The molecule has 110 valence electrons. The number of anilines is 1. The minimum Gasteiger partial charge on any atom is -0.327 e. The van der Waals surface area contributed by atoms with Gasteiger partial charge in [-0.1, -0.05) is 58.4 Å². The van der Waals surface area contributed by atoms with E-state index in [1.54, 1.807) is 12.1 Å². The molecule has 1 fully saturated rings. The van der Waals surface area contributed by atoms with Gasteiger partial charge >= 0.3 is 0 Å². The van der Waals surface area contributed by atoms with E-state index < -0.39 is 0 Å². The SMILES string of the molecule is NC1CCCCCC1C(=O)Nc1c(Cl)cc(Br)cc1Cl. The van der Waals surface area contributed by atoms with Crippen LogP contribution in [0.3, 0.4) is 0 Å². The second-order valence-corrected chi connectivity index (χ2v) is 6.87. The summed E-state index contributed by atoms with van der Waals surface area (Å²) in [5.41, 5.74) is 6.56. The number of carbonyl (C=O) groups excluding carboxylic acids is 1. The zero-order chi connectivity index (χ0) is 14.7. The third-order valence-corrected chi connectivity index (χ3v) is 4.72. The Morgan fingerprint density at radius 1 is 1.20 bits per heavy atom. The van der Waals surface area contributed by atoms with Crippen LogP contribution in [0.15, 0.2) is 16.6 Å². The zero-order valence-electron chi connectivity index (χ0n) is 11.0. The molecule has 2 rings (SSSR count). The lowest BCUT2D eigenvalue weighted by atomic mass is 9.94. The van der Waals surface area contributed by atoms with E-state index in [1.807, 2.05) is 0 Å². The molecule has 3 N–H and O–H groups in total. The van der Waals surface area contributed by atoms with Gasteiger partial charge < -0.3 is 11.1 Å². The number of amides is 1. The monoisotopic (exact) mass is 378 g/mol. The van der Waals surface area contributed by atoms with Crippen molar-refractivity contribution in [3.8, 4) is 0 Å². The van der Waals surface area contributed by atoms with Crippen LogP contribution in [0.5, 0.6) is 0 Å². The molecule has 0 aliphatic heterocycles. The molecular formula is C14H17BrCl2N2O. The average Bonchev–Trinajstić information content (AvgIpc) is 2.58. The maximum Gasteiger partial charge on any atom is 0.229 e. The van der Waals surface area contributed by atoms with E-state index in [2.05, 4.69) is 21.2 Å². The number of hydrogen-bond acceptors (Lipinski definition) is 2. The molecule has 1 aromatic carbocycles. The summed E-state index contributed by atoms with van der Waals surface area (Å²) in [7, 11) is 0. The Labute approximate surface area is 137 Å². The predicted octanol–water partition coefficient (Wildman–Crippen LogP) is 4.60. The largest absolute Gasteiger partial charge is 0.327 e. The van der Waals surface area contributed by atoms with Crippen LogP contribution in [0.25, 0.3) is 0 Å². The van der Waals surface area contributed by atoms with Gasteiger partial charge in [0.25, 0.3) is 0 Å². The number of nitrogens with one attached hydrogen (secondary N) is 1. The van der Waals surface area contributed by atoms with Gasteiger partial charge in [0, 0.05) is 10.5 Å². The Morgan fingerprint density at radius 2 is 1.80 bits per heavy atom. The minimum atomic E-state index is -0.173. The van der Waals surface area contributed by atoms with Gasteiger partial charge in [-0.3, -0.25) is 4.79 Å². The van der Waals surface area contributed by atoms with Crippen LogP contribution in [0.4, 0.5) is 5.69 Å². The van der Waals surface area contributed by atoms with Crippen LogP contribution in [-0.2, 0) is 4.79 Å². The van der Waals surface area contributed by atoms with E-state index in [0.717, 1.165) is 36.6 Å². The van der Waals surface area contributed by atoms with Crippen molar-refractivity contribution in [3.05, 3.63) is 26.7 Å². The zero-order valence-corrected chi connectivity index (χ0v) is 14.1. The highest BCUT2D eigenvalue weighted by Crippen LogP contribution is 2.34. The first-order valence-electron chi connectivity index (χ1n) is 6.70. The molecule has 0 saturated heterocycles. The highest BCUT2D eigenvalue weighted by atomic mass is 79.9. The molecule has 1 aromatic rings. The fourth-order valence-corrected chi connectivity index (χ4v) is 3.84. The van der Waals surface area contributed by atoms with Gasteiger partial charge in [0.05, 0.1) is 21.7 Å². The number of hydrogen-bond donors (Lipinski definition) is 2. The Hall–Kier alpha value is -0.290. The lowest BCUT2D eigenvalue weighted by Crippen LogP contribution is -2.37. The van der Waals surface area contributed by atoms with Crippen LogP contribution in [0.1, 0.15) is 32.1 Å². The van der Waals surface area contributed by atoms with E-state index >= 15 is 0 Å². The highest BCUT2D eigenvalue weighted by molar-refractivity contribution is 9.10. The van der Waals surface area contributed by atoms with Gasteiger partial charge in [-0.15, -0.1) is 0 Å². The van der Waals surface area contributed by atoms with E-state index in [4.69, 9.17) is 28.9 Å². The van der Waals surface area contributed by atoms with Gasteiger partial charge in [-0.2, -0.15) is 0 Å². The third kappa shape index (κ3) is 3.88. The van der Waals surface area contributed by atoms with Crippen molar-refractivity contribution in [2.45, 2.75) is 38.1 Å². The number of carbonyl (C=O) groups is 1. The van der Waals surface area contributed by atoms with Gasteiger partial charge in [-0.25, -0.2) is 0 Å². The highest BCUT2D eigenvalue weighted by Gasteiger charge is 2.27. The van der Waals surface area contributed by atoms with Crippen molar-refractivity contribution in [2.75, 3.05) is 5.32 Å². The molecule has 2 unspecified atom stereocenters. The summed E-state index contributed by atoms with van der Waals surface area (Å²) in [5.74, 6) is -0.265. The second-order valence-electron chi connectivity index (χ2n) is 5.14. The van der Waals surface area contributed by atoms with E-state index in [1.165, 1.54) is 0 Å². The lowest BCUT2D eigenvalue weighted by molar-refractivity contribution is -0.120. The standard InChI is InChI=1S/C14H17BrCl2N2O/c15-8-6-10(16)13(11(17)7-8)19-14(20)9-4-2-1-3-5-12(9)18/h6-7,9,12H,1-5,18H2,(H,19,20). The molecule has 0 radical (unpaired) electrons. The molecular weight excluding hydrogens is 363 g/mol. The van der Waals surface area contributed by atoms with Gasteiger partial charge in [0.15, 0.2) is 0 Å². The molecule has 0 spiro atoms. The van der Waals surface area contributed by atoms with Crippen LogP contribution in [0, 0.1) is 5.92 Å². The molecule has 0 aromatic heterocycles. The quantitative estimate of drug-likeness (QED) is 0.737. The van der Waals surface area contributed by atoms with Crippen LogP contribution in [0.2, 0.25) is 10.0 Å². The van der Waals surface area contributed by atoms with Gasteiger partial charge in [0.1, 0.15) is 0 Å². The van der Waals surface area contributed by atoms with E-state index in [9.17, 15) is 4.79 Å². The number of benzene rings is 1. The average molecular weight is 380 g/mol. The Balaban J connectivity index is 2.15. The number of halogens is 3. The normalized spacial score (nSPS) is 23.2. The van der Waals surface area contributed by atoms with Crippen LogP contribution < -0.4 is 11.1 Å². The molecule has 3 nitrogen and oxygen atoms in total. The minimum absolute atomic E-state index is 0.0921. The molecule has 20 heavy (non-hydrogen) atoms. The summed E-state index contributed by atoms with van der Waals surface area (Å²) in [6.07, 6.45) is 4.97. The number of nitrogens with two attached hydrogens (primary N) is 1. The third-order valence-electron chi connectivity index (χ3n) is 3.66. The topological polar surface area (TPSA) is 55.1 Å². The molecule has 0 heterocycles. The van der Waals surface area contributed by atoms with Crippen molar-refractivity contribution in [3.63, 3.8) is 0 Å². The Kier molecular flexibility index (Phi) is 5.73. The molecule has 0 bridgehead atoms. The van der Waals surface area contributed by atoms with Crippen molar-refractivity contribution < 1.29 is 4.79 Å². The van der Waals surface area contributed by atoms with Gasteiger partial charge in [-0.05, 0) is 25.0 Å². The smallest absolute Gasteiger partial charge is 0.229 e. The first-order chi connectivity index (χ1) is 9.49. The predicted molar refractivity (Wildman–Crippen MR) is 87.3 cm³/mol. The fourth-order valence-electron chi connectivity index (χ4n) is 2.54. The van der Waals surface area contributed by atoms with Crippen molar-refractivity contribution in [1.82, 2.24) is 0 Å². The number of rotatable bonds is 2. The van der Waals surface area contributed by atoms with E-state index in [0.29, 0.717) is 15.7 Å². The van der Waals surface area contributed by atoms with Crippen LogP contribution >= 0.6 is 39.1 Å². The summed E-state index contributed by atoms with van der Waals surface area (Å²) < 4.78 is 0.775. The summed E-state index contributed by atoms with van der Waals surface area (Å²) in [6.45, 7) is 0. The summed E-state index contributed by atoms with van der Waals surface area (Å²) >= 11 is 15.6. The lowest BCUT2D eigenvalue weighted by Gasteiger charge is -2.21. The first kappa shape index (κ1) is 16.1. The molecule has 1 saturated carbocycles. The molecule has 1 amide bonds. The Bertz CT molecular complexity index is 487.